The second-order valence-electron chi connectivity index (χ2n) is 6.07. The van der Waals surface area contributed by atoms with E-state index >= 15 is 0 Å². The van der Waals surface area contributed by atoms with E-state index in [9.17, 15) is 0 Å². The first-order chi connectivity index (χ1) is 8.38. The van der Waals surface area contributed by atoms with Crippen LogP contribution in [0.25, 0.3) is 0 Å². The van der Waals surface area contributed by atoms with Crippen LogP contribution in [0.2, 0.25) is 0 Å². The highest BCUT2D eigenvalue weighted by atomic mass is 15.1. The second kappa shape index (κ2) is 7.38. The van der Waals surface area contributed by atoms with Crippen molar-refractivity contribution in [1.29, 1.82) is 0 Å². The third-order valence-corrected chi connectivity index (χ3v) is 4.60. The molecule has 2 nitrogen and oxygen atoms in total. The largest absolute Gasteiger partial charge is 0.316 e. The SMILES string of the molecule is CCN(CC1CCCCC1)CC1CCCNC1. The molecule has 0 bridgehead atoms. The summed E-state index contributed by atoms with van der Waals surface area (Å²) in [5, 5.41) is 3.54. The van der Waals surface area contributed by atoms with Crippen LogP contribution < -0.4 is 5.32 Å². The molecule has 1 aliphatic carbocycles. The lowest BCUT2D eigenvalue weighted by Crippen LogP contribution is -2.40. The summed E-state index contributed by atoms with van der Waals surface area (Å²) in [5.74, 6) is 1.91. The lowest BCUT2D eigenvalue weighted by Gasteiger charge is -2.33. The van der Waals surface area contributed by atoms with Crippen molar-refractivity contribution >= 4 is 0 Å². The molecule has 1 saturated carbocycles. The summed E-state index contributed by atoms with van der Waals surface area (Å²) in [7, 11) is 0. The second-order valence-corrected chi connectivity index (χ2v) is 6.07. The summed E-state index contributed by atoms with van der Waals surface area (Å²) < 4.78 is 0. The Morgan fingerprint density at radius 1 is 0.941 bits per heavy atom. The van der Waals surface area contributed by atoms with E-state index in [1.165, 1.54) is 77.7 Å². The first kappa shape index (κ1) is 13.4. The maximum absolute atomic E-state index is 3.54. The topological polar surface area (TPSA) is 15.3 Å². The van der Waals surface area contributed by atoms with Crippen LogP contribution in [0.5, 0.6) is 0 Å². The van der Waals surface area contributed by atoms with Gasteiger partial charge in [-0.1, -0.05) is 26.2 Å². The molecule has 0 radical (unpaired) electrons. The lowest BCUT2D eigenvalue weighted by molar-refractivity contribution is 0.171. The van der Waals surface area contributed by atoms with Gasteiger partial charge in [0.25, 0.3) is 0 Å². The maximum Gasteiger partial charge on any atom is 0.00218 e. The van der Waals surface area contributed by atoms with E-state index in [0.29, 0.717) is 0 Å². The summed E-state index contributed by atoms with van der Waals surface area (Å²) in [6, 6.07) is 0. The van der Waals surface area contributed by atoms with Crippen molar-refractivity contribution in [2.45, 2.75) is 51.9 Å². The van der Waals surface area contributed by atoms with Gasteiger partial charge in [0.05, 0.1) is 0 Å². The van der Waals surface area contributed by atoms with E-state index in [1.54, 1.807) is 0 Å². The lowest BCUT2D eigenvalue weighted by atomic mass is 9.88. The summed E-state index contributed by atoms with van der Waals surface area (Å²) in [6.07, 6.45) is 10.2. The monoisotopic (exact) mass is 238 g/mol. The molecule has 1 N–H and O–H groups in total. The molecule has 0 spiro atoms. The zero-order chi connectivity index (χ0) is 11.9. The number of piperidine rings is 1. The average Bonchev–Trinajstić information content (AvgIpc) is 2.40. The standard InChI is InChI=1S/C15H30N2/c1-2-17(12-14-7-4-3-5-8-14)13-15-9-6-10-16-11-15/h14-16H,2-13H2,1H3. The molecule has 2 aliphatic rings. The molecule has 0 amide bonds. The smallest absolute Gasteiger partial charge is 0.00218 e. The average molecular weight is 238 g/mol. The highest BCUT2D eigenvalue weighted by Gasteiger charge is 2.20. The van der Waals surface area contributed by atoms with Crippen LogP contribution in [0.4, 0.5) is 0 Å². The predicted octanol–water partition coefficient (Wildman–Crippen LogP) is 2.89. The Morgan fingerprint density at radius 2 is 1.65 bits per heavy atom. The van der Waals surface area contributed by atoms with Crippen molar-refractivity contribution in [1.82, 2.24) is 10.2 Å². The molecule has 1 atom stereocenters. The summed E-state index contributed by atoms with van der Waals surface area (Å²) in [4.78, 5) is 2.72. The predicted molar refractivity (Wildman–Crippen MR) is 74.3 cm³/mol. The first-order valence-corrected chi connectivity index (χ1v) is 7.81. The van der Waals surface area contributed by atoms with Gasteiger partial charge in [0.1, 0.15) is 0 Å². The number of nitrogens with zero attached hydrogens (tertiary/aromatic N) is 1. The van der Waals surface area contributed by atoms with Gasteiger partial charge in [-0.2, -0.15) is 0 Å². The zero-order valence-corrected chi connectivity index (χ0v) is 11.6. The Bertz CT molecular complexity index is 173. The van der Waals surface area contributed by atoms with Crippen LogP contribution in [-0.2, 0) is 0 Å². The molecule has 1 saturated heterocycles. The van der Waals surface area contributed by atoms with Gasteiger partial charge in [0.2, 0.25) is 0 Å². The van der Waals surface area contributed by atoms with Gasteiger partial charge in [-0.3, -0.25) is 0 Å². The Balaban J connectivity index is 1.71. The number of hydrogen-bond donors (Lipinski definition) is 1. The first-order valence-electron chi connectivity index (χ1n) is 7.81. The van der Waals surface area contributed by atoms with Crippen LogP contribution in [-0.4, -0.2) is 37.6 Å². The Kier molecular flexibility index (Phi) is 5.79. The Hall–Kier alpha value is -0.0800. The normalized spacial score (nSPS) is 27.5. The molecular weight excluding hydrogens is 208 g/mol. The van der Waals surface area contributed by atoms with Gasteiger partial charge in [0, 0.05) is 13.1 Å². The van der Waals surface area contributed by atoms with Gasteiger partial charge in [-0.05, 0) is 57.2 Å². The van der Waals surface area contributed by atoms with Gasteiger partial charge in [-0.15, -0.1) is 0 Å². The van der Waals surface area contributed by atoms with Crippen LogP contribution in [0, 0.1) is 11.8 Å². The molecule has 2 fully saturated rings. The molecule has 0 aromatic carbocycles. The fourth-order valence-electron chi connectivity index (χ4n) is 3.51. The van der Waals surface area contributed by atoms with Gasteiger partial charge < -0.3 is 10.2 Å². The highest BCUT2D eigenvalue weighted by Crippen LogP contribution is 2.25. The highest BCUT2D eigenvalue weighted by molar-refractivity contribution is 4.75. The third kappa shape index (κ3) is 4.59. The molecule has 0 aromatic rings. The van der Waals surface area contributed by atoms with Crippen LogP contribution in [0.1, 0.15) is 51.9 Å². The summed E-state index contributed by atoms with van der Waals surface area (Å²) in [6.45, 7) is 8.77. The van der Waals surface area contributed by atoms with E-state index < -0.39 is 0 Å². The maximum atomic E-state index is 3.54. The molecular formula is C15H30N2. The van der Waals surface area contributed by atoms with E-state index in [1.807, 2.05) is 0 Å². The van der Waals surface area contributed by atoms with E-state index in [-0.39, 0.29) is 0 Å². The fourth-order valence-corrected chi connectivity index (χ4v) is 3.51. The third-order valence-electron chi connectivity index (χ3n) is 4.60. The van der Waals surface area contributed by atoms with E-state index in [4.69, 9.17) is 0 Å². The molecule has 1 unspecified atom stereocenters. The Morgan fingerprint density at radius 3 is 2.29 bits per heavy atom. The molecule has 1 heterocycles. The van der Waals surface area contributed by atoms with Crippen molar-refractivity contribution in [3.8, 4) is 0 Å². The molecule has 100 valence electrons. The molecule has 17 heavy (non-hydrogen) atoms. The van der Waals surface area contributed by atoms with Gasteiger partial charge >= 0.3 is 0 Å². The van der Waals surface area contributed by atoms with Crippen molar-refractivity contribution in [2.24, 2.45) is 11.8 Å². The number of hydrogen-bond acceptors (Lipinski definition) is 2. The van der Waals surface area contributed by atoms with Crippen LogP contribution in [0.3, 0.4) is 0 Å². The Labute approximate surface area is 107 Å². The molecule has 0 aromatic heterocycles. The molecule has 2 rings (SSSR count). The summed E-state index contributed by atoms with van der Waals surface area (Å²) >= 11 is 0. The fraction of sp³-hybridized carbons (Fsp3) is 1.00. The van der Waals surface area contributed by atoms with E-state index in [0.717, 1.165) is 11.8 Å². The van der Waals surface area contributed by atoms with Crippen molar-refractivity contribution in [3.05, 3.63) is 0 Å². The minimum Gasteiger partial charge on any atom is -0.316 e. The van der Waals surface area contributed by atoms with Crippen molar-refractivity contribution in [3.63, 3.8) is 0 Å². The van der Waals surface area contributed by atoms with Crippen LogP contribution >= 0.6 is 0 Å². The van der Waals surface area contributed by atoms with Crippen molar-refractivity contribution in [2.75, 3.05) is 32.7 Å². The van der Waals surface area contributed by atoms with Gasteiger partial charge in [-0.25, -0.2) is 0 Å². The minimum absolute atomic E-state index is 0.910. The zero-order valence-electron chi connectivity index (χ0n) is 11.6. The molecule has 1 aliphatic heterocycles. The number of nitrogens with one attached hydrogen (secondary N) is 1. The minimum atomic E-state index is 0.910. The van der Waals surface area contributed by atoms with E-state index in [2.05, 4.69) is 17.1 Å². The summed E-state index contributed by atoms with van der Waals surface area (Å²) in [5.41, 5.74) is 0. The van der Waals surface area contributed by atoms with Crippen LogP contribution in [0.15, 0.2) is 0 Å². The van der Waals surface area contributed by atoms with Gasteiger partial charge in [0.15, 0.2) is 0 Å². The number of rotatable bonds is 5. The van der Waals surface area contributed by atoms with Crippen molar-refractivity contribution < 1.29 is 0 Å². The quantitative estimate of drug-likeness (QED) is 0.792. The molecule has 2 heteroatoms.